The first-order valence-corrected chi connectivity index (χ1v) is 6.03. The van der Waals surface area contributed by atoms with Crippen molar-refractivity contribution in [3.05, 3.63) is 33.9 Å². The van der Waals surface area contributed by atoms with Gasteiger partial charge in [-0.2, -0.15) is 0 Å². The van der Waals surface area contributed by atoms with Gasteiger partial charge in [0.15, 0.2) is 0 Å². The molecule has 0 amide bonds. The van der Waals surface area contributed by atoms with E-state index in [0.29, 0.717) is 5.92 Å². The first-order chi connectivity index (χ1) is 8.04. The summed E-state index contributed by atoms with van der Waals surface area (Å²) in [4.78, 5) is 10.2. The van der Waals surface area contributed by atoms with Gasteiger partial charge in [0, 0.05) is 24.4 Å². The van der Waals surface area contributed by atoms with Gasteiger partial charge in [-0.05, 0) is 30.9 Å². The molecular formula is C13H20N2O2. The summed E-state index contributed by atoms with van der Waals surface area (Å²) >= 11 is 0. The molecule has 17 heavy (non-hydrogen) atoms. The van der Waals surface area contributed by atoms with Crippen LogP contribution in [-0.4, -0.2) is 11.5 Å². The number of nitrogens with one attached hydrogen (secondary N) is 1. The van der Waals surface area contributed by atoms with Gasteiger partial charge in [0.1, 0.15) is 0 Å². The molecule has 1 rings (SSSR count). The third kappa shape index (κ3) is 4.06. The summed E-state index contributed by atoms with van der Waals surface area (Å²) in [6.07, 6.45) is 2.38. The second-order valence-electron chi connectivity index (χ2n) is 4.53. The monoisotopic (exact) mass is 236 g/mol. The van der Waals surface area contributed by atoms with Crippen LogP contribution < -0.4 is 5.32 Å². The average Bonchev–Trinajstić information content (AvgIpc) is 2.27. The predicted octanol–water partition coefficient (Wildman–Crippen LogP) is 3.75. The molecule has 1 atom stereocenters. The summed E-state index contributed by atoms with van der Waals surface area (Å²) in [5.41, 5.74) is 2.05. The number of nitrogens with zero attached hydrogens (tertiary/aromatic N) is 1. The van der Waals surface area contributed by atoms with Crippen molar-refractivity contribution < 1.29 is 4.92 Å². The Kier molecular flexibility index (Phi) is 4.94. The van der Waals surface area contributed by atoms with Crippen molar-refractivity contribution in [2.45, 2.75) is 33.6 Å². The lowest BCUT2D eigenvalue weighted by Crippen LogP contribution is -2.11. The van der Waals surface area contributed by atoms with Crippen molar-refractivity contribution in [1.82, 2.24) is 0 Å². The number of hydrogen-bond acceptors (Lipinski definition) is 3. The third-order valence-corrected chi connectivity index (χ3v) is 2.84. The molecule has 0 aliphatic rings. The molecule has 1 N–H and O–H groups in total. The smallest absolute Gasteiger partial charge is 0.269 e. The van der Waals surface area contributed by atoms with E-state index in [1.54, 1.807) is 18.2 Å². The minimum atomic E-state index is -0.365. The van der Waals surface area contributed by atoms with Crippen LogP contribution in [0.1, 0.15) is 32.3 Å². The molecule has 0 aliphatic carbocycles. The Morgan fingerprint density at radius 1 is 1.47 bits per heavy atom. The molecule has 1 aromatic carbocycles. The summed E-state index contributed by atoms with van der Waals surface area (Å²) in [5, 5.41) is 13.9. The highest BCUT2D eigenvalue weighted by Gasteiger charge is 2.08. The number of nitro benzene ring substituents is 1. The second kappa shape index (κ2) is 6.23. The molecule has 0 bridgehead atoms. The van der Waals surface area contributed by atoms with Crippen LogP contribution in [0.15, 0.2) is 18.2 Å². The van der Waals surface area contributed by atoms with E-state index >= 15 is 0 Å². The zero-order chi connectivity index (χ0) is 12.8. The number of rotatable bonds is 6. The van der Waals surface area contributed by atoms with Crippen molar-refractivity contribution in [2.75, 3.05) is 11.9 Å². The van der Waals surface area contributed by atoms with Crippen LogP contribution in [0.2, 0.25) is 0 Å². The number of non-ortho nitro benzene ring substituents is 1. The number of hydrogen-bond donors (Lipinski definition) is 1. The predicted molar refractivity (Wildman–Crippen MR) is 70.4 cm³/mol. The van der Waals surface area contributed by atoms with Crippen molar-refractivity contribution in [3.8, 4) is 0 Å². The van der Waals surface area contributed by atoms with E-state index in [-0.39, 0.29) is 10.6 Å². The maximum atomic E-state index is 10.6. The van der Waals surface area contributed by atoms with Crippen molar-refractivity contribution >= 4 is 11.4 Å². The Bertz CT molecular complexity index is 391. The van der Waals surface area contributed by atoms with E-state index in [1.807, 2.05) is 6.92 Å². The molecule has 1 unspecified atom stereocenters. The highest BCUT2D eigenvalue weighted by atomic mass is 16.6. The molecule has 0 radical (unpaired) electrons. The highest BCUT2D eigenvalue weighted by Crippen LogP contribution is 2.21. The van der Waals surface area contributed by atoms with Gasteiger partial charge in [-0.15, -0.1) is 0 Å². The van der Waals surface area contributed by atoms with Crippen LogP contribution in [0.5, 0.6) is 0 Å². The molecular weight excluding hydrogens is 216 g/mol. The van der Waals surface area contributed by atoms with E-state index in [9.17, 15) is 10.1 Å². The van der Waals surface area contributed by atoms with Gasteiger partial charge >= 0.3 is 0 Å². The number of aryl methyl sites for hydroxylation is 1. The molecule has 1 aromatic rings. The van der Waals surface area contributed by atoms with Crippen LogP contribution >= 0.6 is 0 Å². The molecule has 0 heterocycles. The lowest BCUT2D eigenvalue weighted by atomic mass is 10.1. The normalized spacial score (nSPS) is 12.2. The Hall–Kier alpha value is -1.58. The topological polar surface area (TPSA) is 55.2 Å². The second-order valence-corrected chi connectivity index (χ2v) is 4.53. The molecule has 0 aromatic heterocycles. The summed E-state index contributed by atoms with van der Waals surface area (Å²) in [6.45, 7) is 7.18. The molecule has 4 heteroatoms. The van der Waals surface area contributed by atoms with Gasteiger partial charge in [0.25, 0.3) is 5.69 Å². The fourth-order valence-electron chi connectivity index (χ4n) is 1.84. The molecule has 94 valence electrons. The Morgan fingerprint density at radius 3 is 2.71 bits per heavy atom. The lowest BCUT2D eigenvalue weighted by molar-refractivity contribution is -0.384. The van der Waals surface area contributed by atoms with E-state index in [1.165, 1.54) is 12.8 Å². The van der Waals surface area contributed by atoms with Crippen LogP contribution in [0, 0.1) is 23.0 Å². The van der Waals surface area contributed by atoms with Gasteiger partial charge in [-0.3, -0.25) is 10.1 Å². The van der Waals surface area contributed by atoms with Gasteiger partial charge in [-0.25, -0.2) is 0 Å². The van der Waals surface area contributed by atoms with Crippen LogP contribution in [0.25, 0.3) is 0 Å². The van der Waals surface area contributed by atoms with Gasteiger partial charge in [0.2, 0.25) is 0 Å². The van der Waals surface area contributed by atoms with Crippen LogP contribution in [0.4, 0.5) is 11.4 Å². The van der Waals surface area contributed by atoms with E-state index in [2.05, 4.69) is 19.2 Å². The van der Waals surface area contributed by atoms with Crippen molar-refractivity contribution in [3.63, 3.8) is 0 Å². The maximum Gasteiger partial charge on any atom is 0.269 e. The standard InChI is InChI=1S/C13H20N2O2/c1-4-5-10(2)9-14-13-7-6-12(15(16)17)8-11(13)3/h6-8,10,14H,4-5,9H2,1-3H3. The minimum absolute atomic E-state index is 0.148. The SMILES string of the molecule is CCCC(C)CNc1ccc([N+](=O)[O-])cc1C. The zero-order valence-electron chi connectivity index (χ0n) is 10.7. The van der Waals surface area contributed by atoms with E-state index in [0.717, 1.165) is 17.8 Å². The minimum Gasteiger partial charge on any atom is -0.385 e. The molecule has 0 saturated heterocycles. The van der Waals surface area contributed by atoms with Gasteiger partial charge in [-0.1, -0.05) is 20.3 Å². The molecule has 0 spiro atoms. The number of nitro groups is 1. The zero-order valence-corrected chi connectivity index (χ0v) is 10.7. The molecule has 0 fully saturated rings. The van der Waals surface area contributed by atoms with Gasteiger partial charge < -0.3 is 5.32 Å². The fourth-order valence-corrected chi connectivity index (χ4v) is 1.84. The van der Waals surface area contributed by atoms with E-state index < -0.39 is 0 Å². The molecule has 0 saturated carbocycles. The van der Waals surface area contributed by atoms with Gasteiger partial charge in [0.05, 0.1) is 4.92 Å². The summed E-state index contributed by atoms with van der Waals surface area (Å²) in [5.74, 6) is 0.620. The largest absolute Gasteiger partial charge is 0.385 e. The number of anilines is 1. The highest BCUT2D eigenvalue weighted by molar-refractivity contribution is 5.55. The maximum absolute atomic E-state index is 10.6. The quantitative estimate of drug-likeness (QED) is 0.604. The van der Waals surface area contributed by atoms with E-state index in [4.69, 9.17) is 0 Å². The first kappa shape index (κ1) is 13.5. The molecule has 4 nitrogen and oxygen atoms in total. The van der Waals surface area contributed by atoms with Crippen molar-refractivity contribution in [2.24, 2.45) is 5.92 Å². The number of benzene rings is 1. The Balaban J connectivity index is 2.63. The Morgan fingerprint density at radius 2 is 2.18 bits per heavy atom. The molecule has 0 aliphatic heterocycles. The average molecular weight is 236 g/mol. The fraction of sp³-hybridized carbons (Fsp3) is 0.538. The first-order valence-electron chi connectivity index (χ1n) is 6.03. The summed E-state index contributed by atoms with van der Waals surface area (Å²) < 4.78 is 0. The summed E-state index contributed by atoms with van der Waals surface area (Å²) in [6, 6.07) is 4.93. The van der Waals surface area contributed by atoms with Crippen molar-refractivity contribution in [1.29, 1.82) is 0 Å². The Labute approximate surface area is 102 Å². The van der Waals surface area contributed by atoms with Crippen LogP contribution in [-0.2, 0) is 0 Å². The van der Waals surface area contributed by atoms with Crippen LogP contribution in [0.3, 0.4) is 0 Å². The summed E-state index contributed by atoms with van der Waals surface area (Å²) in [7, 11) is 0. The lowest BCUT2D eigenvalue weighted by Gasteiger charge is -2.14. The third-order valence-electron chi connectivity index (χ3n) is 2.84.